The molecule has 1 saturated heterocycles. The van der Waals surface area contributed by atoms with Crippen LogP contribution in [0.3, 0.4) is 0 Å². The van der Waals surface area contributed by atoms with Gasteiger partial charge in [-0.1, -0.05) is 24.3 Å². The molecule has 0 aromatic heterocycles. The van der Waals surface area contributed by atoms with Gasteiger partial charge in [-0.3, -0.25) is 0 Å². The Kier molecular flexibility index (Phi) is 1.38. The molecule has 0 aromatic carbocycles. The standard InChI is InChI=1S/C9H12O/c1-7-5-8-3-2-4-9(6-7)10-8/h2-3,8-9H,1,4-6H2. The normalized spacial score (nSPS) is 38.2. The topological polar surface area (TPSA) is 9.23 Å². The molecule has 2 heterocycles. The third-order valence-electron chi connectivity index (χ3n) is 2.12. The van der Waals surface area contributed by atoms with Crippen molar-refractivity contribution in [1.29, 1.82) is 0 Å². The molecule has 2 atom stereocenters. The molecule has 2 aliphatic heterocycles. The molecule has 2 rings (SSSR count). The molecule has 1 heteroatoms. The average Bonchev–Trinajstić information content (AvgIpc) is 1.85. The number of rotatable bonds is 0. The lowest BCUT2D eigenvalue weighted by Gasteiger charge is -2.32. The fraction of sp³-hybridized carbons (Fsp3) is 0.556. The van der Waals surface area contributed by atoms with Crippen molar-refractivity contribution in [3.8, 4) is 0 Å². The SMILES string of the molecule is C=C1CC2C=CCC(C1)O2. The van der Waals surface area contributed by atoms with Crippen molar-refractivity contribution >= 4 is 0 Å². The minimum absolute atomic E-state index is 0.347. The van der Waals surface area contributed by atoms with Crippen molar-refractivity contribution < 1.29 is 4.74 Å². The first-order valence-electron chi connectivity index (χ1n) is 3.83. The van der Waals surface area contributed by atoms with Crippen LogP contribution in [0, 0.1) is 0 Å². The largest absolute Gasteiger partial charge is 0.370 e. The second-order valence-electron chi connectivity index (χ2n) is 3.12. The summed E-state index contributed by atoms with van der Waals surface area (Å²) in [6.45, 7) is 3.98. The second-order valence-corrected chi connectivity index (χ2v) is 3.12. The maximum absolute atomic E-state index is 5.64. The third kappa shape index (κ3) is 1.01. The van der Waals surface area contributed by atoms with Crippen molar-refractivity contribution in [2.45, 2.75) is 31.5 Å². The molecule has 10 heavy (non-hydrogen) atoms. The minimum Gasteiger partial charge on any atom is -0.370 e. The van der Waals surface area contributed by atoms with Gasteiger partial charge in [0, 0.05) is 0 Å². The van der Waals surface area contributed by atoms with Crippen LogP contribution in [-0.4, -0.2) is 12.2 Å². The molecule has 54 valence electrons. The molecule has 1 nitrogen and oxygen atoms in total. The lowest BCUT2D eigenvalue weighted by atomic mass is 9.94. The van der Waals surface area contributed by atoms with Crippen LogP contribution in [0.15, 0.2) is 24.3 Å². The Morgan fingerprint density at radius 2 is 2.40 bits per heavy atom. The highest BCUT2D eigenvalue weighted by Gasteiger charge is 2.24. The molecular formula is C9H12O. The molecule has 0 aromatic rings. The van der Waals surface area contributed by atoms with Gasteiger partial charge in [-0.2, -0.15) is 0 Å². The minimum atomic E-state index is 0.347. The van der Waals surface area contributed by atoms with E-state index in [0.29, 0.717) is 12.2 Å². The van der Waals surface area contributed by atoms with Crippen LogP contribution in [0.4, 0.5) is 0 Å². The van der Waals surface area contributed by atoms with E-state index >= 15 is 0 Å². The Bertz CT molecular complexity index is 181. The number of ether oxygens (including phenoxy) is 1. The van der Waals surface area contributed by atoms with Gasteiger partial charge >= 0.3 is 0 Å². The third-order valence-corrected chi connectivity index (χ3v) is 2.12. The highest BCUT2D eigenvalue weighted by atomic mass is 16.5. The van der Waals surface area contributed by atoms with Gasteiger partial charge in [-0.25, -0.2) is 0 Å². The Morgan fingerprint density at radius 1 is 1.50 bits per heavy atom. The monoisotopic (exact) mass is 136 g/mol. The van der Waals surface area contributed by atoms with E-state index in [1.807, 2.05) is 0 Å². The highest BCUT2D eigenvalue weighted by molar-refractivity contribution is 5.11. The molecular weight excluding hydrogens is 124 g/mol. The molecule has 0 spiro atoms. The predicted octanol–water partition coefficient (Wildman–Crippen LogP) is 2.05. The summed E-state index contributed by atoms with van der Waals surface area (Å²) in [5.74, 6) is 0. The summed E-state index contributed by atoms with van der Waals surface area (Å²) in [6, 6.07) is 0. The molecule has 2 aliphatic rings. The van der Waals surface area contributed by atoms with E-state index in [9.17, 15) is 0 Å². The van der Waals surface area contributed by atoms with Crippen molar-refractivity contribution in [2.75, 3.05) is 0 Å². The Morgan fingerprint density at radius 3 is 3.20 bits per heavy atom. The van der Waals surface area contributed by atoms with E-state index in [4.69, 9.17) is 4.74 Å². The summed E-state index contributed by atoms with van der Waals surface area (Å²) < 4.78 is 5.64. The fourth-order valence-electron chi connectivity index (χ4n) is 1.67. The first-order valence-corrected chi connectivity index (χ1v) is 3.83. The average molecular weight is 136 g/mol. The zero-order valence-electron chi connectivity index (χ0n) is 6.05. The maximum atomic E-state index is 5.64. The van der Waals surface area contributed by atoms with Crippen LogP contribution in [0.5, 0.6) is 0 Å². The van der Waals surface area contributed by atoms with Crippen molar-refractivity contribution in [1.82, 2.24) is 0 Å². The van der Waals surface area contributed by atoms with Gasteiger partial charge in [0.15, 0.2) is 0 Å². The zero-order valence-corrected chi connectivity index (χ0v) is 6.05. The van der Waals surface area contributed by atoms with Crippen LogP contribution < -0.4 is 0 Å². The van der Waals surface area contributed by atoms with Gasteiger partial charge in [-0.05, 0) is 19.3 Å². The number of hydrogen-bond acceptors (Lipinski definition) is 1. The lowest BCUT2D eigenvalue weighted by molar-refractivity contribution is -0.0120. The van der Waals surface area contributed by atoms with Crippen LogP contribution in [0.2, 0.25) is 0 Å². The summed E-state index contributed by atoms with van der Waals surface area (Å²) in [5, 5.41) is 0. The predicted molar refractivity (Wildman–Crippen MR) is 40.8 cm³/mol. The Labute approximate surface area is 61.4 Å². The Hall–Kier alpha value is -0.560. The van der Waals surface area contributed by atoms with Crippen LogP contribution >= 0.6 is 0 Å². The molecule has 0 amide bonds. The van der Waals surface area contributed by atoms with Crippen molar-refractivity contribution in [3.63, 3.8) is 0 Å². The highest BCUT2D eigenvalue weighted by Crippen LogP contribution is 2.28. The zero-order chi connectivity index (χ0) is 6.97. The smallest absolute Gasteiger partial charge is 0.0796 e. The van der Waals surface area contributed by atoms with Crippen molar-refractivity contribution in [3.05, 3.63) is 24.3 Å². The number of fused-ring (bicyclic) bond motifs is 2. The van der Waals surface area contributed by atoms with Crippen LogP contribution in [0.25, 0.3) is 0 Å². The molecule has 0 radical (unpaired) electrons. The van der Waals surface area contributed by atoms with Gasteiger partial charge in [0.05, 0.1) is 12.2 Å². The summed E-state index contributed by atoms with van der Waals surface area (Å²) in [5.41, 5.74) is 1.35. The van der Waals surface area contributed by atoms with Gasteiger partial charge in [0.2, 0.25) is 0 Å². The molecule has 1 fully saturated rings. The molecule has 2 bridgehead atoms. The van der Waals surface area contributed by atoms with Gasteiger partial charge in [-0.15, -0.1) is 0 Å². The first kappa shape index (κ1) is 6.17. The second kappa shape index (κ2) is 2.24. The van der Waals surface area contributed by atoms with E-state index in [0.717, 1.165) is 19.3 Å². The molecule has 0 aliphatic carbocycles. The molecule has 0 N–H and O–H groups in total. The molecule has 2 unspecified atom stereocenters. The summed E-state index contributed by atoms with van der Waals surface area (Å²) in [7, 11) is 0. The van der Waals surface area contributed by atoms with Gasteiger partial charge < -0.3 is 4.74 Å². The summed E-state index contributed by atoms with van der Waals surface area (Å²) in [4.78, 5) is 0. The van der Waals surface area contributed by atoms with E-state index in [1.54, 1.807) is 0 Å². The van der Waals surface area contributed by atoms with Gasteiger partial charge in [0.1, 0.15) is 0 Å². The maximum Gasteiger partial charge on any atom is 0.0796 e. The van der Waals surface area contributed by atoms with Crippen molar-refractivity contribution in [2.24, 2.45) is 0 Å². The fourth-order valence-corrected chi connectivity index (χ4v) is 1.67. The molecule has 0 saturated carbocycles. The van der Waals surface area contributed by atoms with E-state index in [2.05, 4.69) is 18.7 Å². The van der Waals surface area contributed by atoms with Gasteiger partial charge in [0.25, 0.3) is 0 Å². The van der Waals surface area contributed by atoms with E-state index < -0.39 is 0 Å². The summed E-state index contributed by atoms with van der Waals surface area (Å²) >= 11 is 0. The van der Waals surface area contributed by atoms with Crippen LogP contribution in [-0.2, 0) is 4.74 Å². The Balaban J connectivity index is 2.16. The first-order chi connectivity index (χ1) is 4.84. The van der Waals surface area contributed by atoms with E-state index in [-0.39, 0.29) is 0 Å². The summed E-state index contributed by atoms with van der Waals surface area (Å²) in [6.07, 6.45) is 8.35. The van der Waals surface area contributed by atoms with E-state index in [1.165, 1.54) is 5.57 Å². The van der Waals surface area contributed by atoms with Crippen LogP contribution in [0.1, 0.15) is 19.3 Å². The quantitative estimate of drug-likeness (QED) is 0.463. The lowest BCUT2D eigenvalue weighted by Crippen LogP contribution is -2.29. The number of hydrogen-bond donors (Lipinski definition) is 0.